The summed E-state index contributed by atoms with van der Waals surface area (Å²) in [6.45, 7) is 3.90. The zero-order valence-electron chi connectivity index (χ0n) is 15.4. The van der Waals surface area contributed by atoms with E-state index in [0.717, 1.165) is 60.9 Å². The summed E-state index contributed by atoms with van der Waals surface area (Å²) in [6.07, 6.45) is 8.77. The first kappa shape index (κ1) is 18.4. The second-order valence-electron chi connectivity index (χ2n) is 7.65. The molecule has 5 nitrogen and oxygen atoms in total. The van der Waals surface area contributed by atoms with Gasteiger partial charge in [-0.1, -0.05) is 37.9 Å². The average Bonchev–Trinajstić information content (AvgIpc) is 3.30. The number of amides is 1. The van der Waals surface area contributed by atoms with Gasteiger partial charge in [-0.05, 0) is 25.7 Å². The van der Waals surface area contributed by atoms with Crippen LogP contribution in [0.3, 0.4) is 0 Å². The number of thioether (sulfide) groups is 2. The van der Waals surface area contributed by atoms with Gasteiger partial charge in [0.2, 0.25) is 5.91 Å². The first-order chi connectivity index (χ1) is 12.6. The molecule has 0 aromatic carbocycles. The highest BCUT2D eigenvalue weighted by atomic mass is 32.2. The number of hydrogen-bond acceptors (Lipinski definition) is 5. The van der Waals surface area contributed by atoms with Gasteiger partial charge in [-0.25, -0.2) is 4.98 Å². The maximum Gasteiger partial charge on any atom is 0.268 e. The van der Waals surface area contributed by atoms with Crippen molar-refractivity contribution in [1.82, 2.24) is 14.5 Å². The third kappa shape index (κ3) is 3.70. The molecule has 1 unspecified atom stereocenters. The van der Waals surface area contributed by atoms with Crippen LogP contribution < -0.4 is 5.56 Å². The van der Waals surface area contributed by atoms with Crippen molar-refractivity contribution < 1.29 is 4.79 Å². The van der Waals surface area contributed by atoms with Gasteiger partial charge in [-0.3, -0.25) is 14.2 Å². The molecular formula is C19H27N3O2S2. The van der Waals surface area contributed by atoms with Crippen LogP contribution in [0.25, 0.3) is 0 Å². The molecule has 1 aromatic heterocycles. The number of likely N-dealkylation sites (tertiary alicyclic amines) is 1. The van der Waals surface area contributed by atoms with Crippen LogP contribution in [-0.4, -0.2) is 44.5 Å². The minimum Gasteiger partial charge on any atom is -0.342 e. The van der Waals surface area contributed by atoms with Crippen molar-refractivity contribution in [2.45, 2.75) is 79.6 Å². The molecule has 2 fully saturated rings. The van der Waals surface area contributed by atoms with Crippen molar-refractivity contribution in [3.63, 3.8) is 0 Å². The fraction of sp³-hybridized carbons (Fsp3) is 0.737. The molecule has 1 aliphatic carbocycles. The Bertz CT molecular complexity index is 737. The van der Waals surface area contributed by atoms with E-state index >= 15 is 0 Å². The fourth-order valence-electron chi connectivity index (χ4n) is 4.26. The minimum absolute atomic E-state index is 0.132. The number of hydrogen-bond donors (Lipinski definition) is 0. The molecule has 3 heterocycles. The van der Waals surface area contributed by atoms with E-state index in [-0.39, 0.29) is 17.5 Å². The van der Waals surface area contributed by atoms with E-state index in [0.29, 0.717) is 11.0 Å². The quantitative estimate of drug-likeness (QED) is 0.579. The summed E-state index contributed by atoms with van der Waals surface area (Å²) < 4.78 is 1.94. The molecule has 3 aliphatic rings. The molecule has 2 aliphatic heterocycles. The van der Waals surface area contributed by atoms with Crippen molar-refractivity contribution >= 4 is 29.4 Å². The molecule has 0 bridgehead atoms. The van der Waals surface area contributed by atoms with Gasteiger partial charge in [0, 0.05) is 30.8 Å². The molecule has 0 spiro atoms. The summed E-state index contributed by atoms with van der Waals surface area (Å²) in [6, 6.07) is 0.245. The van der Waals surface area contributed by atoms with Crippen LogP contribution in [0.15, 0.2) is 14.8 Å². The van der Waals surface area contributed by atoms with Gasteiger partial charge in [0.15, 0.2) is 5.16 Å². The summed E-state index contributed by atoms with van der Waals surface area (Å²) in [7, 11) is 0. The van der Waals surface area contributed by atoms with E-state index in [1.54, 1.807) is 11.8 Å². The van der Waals surface area contributed by atoms with E-state index in [2.05, 4.69) is 6.92 Å². The third-order valence-corrected chi connectivity index (χ3v) is 7.79. The van der Waals surface area contributed by atoms with E-state index in [1.807, 2.05) is 9.47 Å². The molecular weight excluding hydrogens is 366 g/mol. The first-order valence-electron chi connectivity index (χ1n) is 9.86. The van der Waals surface area contributed by atoms with E-state index in [9.17, 15) is 9.59 Å². The van der Waals surface area contributed by atoms with Gasteiger partial charge in [0.05, 0.1) is 16.3 Å². The predicted molar refractivity (Wildman–Crippen MR) is 106 cm³/mol. The van der Waals surface area contributed by atoms with Crippen LogP contribution in [0, 0.1) is 0 Å². The highest BCUT2D eigenvalue weighted by Gasteiger charge is 2.30. The van der Waals surface area contributed by atoms with Crippen LogP contribution in [0.5, 0.6) is 0 Å². The Morgan fingerprint density at radius 3 is 2.65 bits per heavy atom. The van der Waals surface area contributed by atoms with Crippen molar-refractivity contribution in [2.75, 3.05) is 18.8 Å². The van der Waals surface area contributed by atoms with Crippen LogP contribution in [-0.2, 0) is 11.2 Å². The Morgan fingerprint density at radius 2 is 1.92 bits per heavy atom. The Hall–Kier alpha value is -0.950. The van der Waals surface area contributed by atoms with Crippen molar-refractivity contribution in [1.29, 1.82) is 0 Å². The highest BCUT2D eigenvalue weighted by Crippen LogP contribution is 2.37. The molecule has 1 saturated carbocycles. The zero-order valence-corrected chi connectivity index (χ0v) is 17.0. The van der Waals surface area contributed by atoms with Crippen molar-refractivity contribution in [2.24, 2.45) is 0 Å². The molecule has 1 aromatic rings. The topological polar surface area (TPSA) is 55.2 Å². The van der Waals surface area contributed by atoms with Crippen molar-refractivity contribution in [3.05, 3.63) is 16.0 Å². The predicted octanol–water partition coefficient (Wildman–Crippen LogP) is 3.50. The highest BCUT2D eigenvalue weighted by molar-refractivity contribution is 8.00. The summed E-state index contributed by atoms with van der Waals surface area (Å²) in [5.41, 5.74) is 1.07. The lowest BCUT2D eigenvalue weighted by Crippen LogP contribution is -2.32. The van der Waals surface area contributed by atoms with E-state index in [1.165, 1.54) is 31.0 Å². The standard InChI is InChI=1S/C19H27N3O2S2/c1-13-11-15-17(26-13)18(24)22(14-7-3-2-4-8-14)19(20-15)25-12-16(23)21-9-5-6-10-21/h13-14H,2-12H2,1H3. The Balaban J connectivity index is 1.61. The fourth-order valence-corrected chi connectivity index (χ4v) is 6.35. The van der Waals surface area contributed by atoms with Gasteiger partial charge >= 0.3 is 0 Å². The molecule has 4 rings (SSSR count). The van der Waals surface area contributed by atoms with Gasteiger partial charge in [0.25, 0.3) is 5.56 Å². The smallest absolute Gasteiger partial charge is 0.268 e. The molecule has 1 amide bonds. The summed E-state index contributed by atoms with van der Waals surface area (Å²) >= 11 is 3.14. The monoisotopic (exact) mass is 393 g/mol. The lowest BCUT2D eigenvalue weighted by Gasteiger charge is -2.26. The van der Waals surface area contributed by atoms with Gasteiger partial charge < -0.3 is 4.90 Å². The summed E-state index contributed by atoms with van der Waals surface area (Å²) in [5.74, 6) is 0.570. The summed E-state index contributed by atoms with van der Waals surface area (Å²) in [4.78, 5) is 33.3. The Labute approximate surface area is 163 Å². The number of nitrogens with zero attached hydrogens (tertiary/aromatic N) is 3. The number of carbonyl (C=O) groups is 1. The van der Waals surface area contributed by atoms with Crippen LogP contribution in [0.1, 0.15) is 63.6 Å². The van der Waals surface area contributed by atoms with E-state index in [4.69, 9.17) is 4.98 Å². The average molecular weight is 394 g/mol. The maximum atomic E-state index is 13.2. The third-order valence-electron chi connectivity index (χ3n) is 5.64. The van der Waals surface area contributed by atoms with Gasteiger partial charge in [-0.2, -0.15) is 0 Å². The second kappa shape index (κ2) is 7.97. The maximum absolute atomic E-state index is 13.2. The van der Waals surface area contributed by atoms with Crippen LogP contribution in [0.4, 0.5) is 0 Å². The normalized spacial score (nSPS) is 23.4. The summed E-state index contributed by atoms with van der Waals surface area (Å²) in [5, 5.41) is 1.18. The largest absolute Gasteiger partial charge is 0.342 e. The van der Waals surface area contributed by atoms with Crippen LogP contribution >= 0.6 is 23.5 Å². The molecule has 7 heteroatoms. The number of aromatic nitrogens is 2. The van der Waals surface area contributed by atoms with Gasteiger partial charge in [0.1, 0.15) is 0 Å². The molecule has 26 heavy (non-hydrogen) atoms. The molecule has 0 N–H and O–H groups in total. The van der Waals surface area contributed by atoms with Crippen LogP contribution in [0.2, 0.25) is 0 Å². The Morgan fingerprint density at radius 1 is 1.19 bits per heavy atom. The SMILES string of the molecule is CC1Cc2nc(SCC(=O)N3CCCC3)n(C3CCCCC3)c(=O)c2S1. The first-order valence-corrected chi connectivity index (χ1v) is 11.7. The molecule has 1 atom stereocenters. The Kier molecular flexibility index (Phi) is 5.64. The number of carbonyl (C=O) groups excluding carboxylic acids is 1. The van der Waals surface area contributed by atoms with E-state index < -0.39 is 0 Å². The lowest BCUT2D eigenvalue weighted by molar-refractivity contribution is -0.127. The minimum atomic E-state index is 0.132. The number of fused-ring (bicyclic) bond motifs is 1. The molecule has 142 valence electrons. The molecule has 1 saturated heterocycles. The second-order valence-corrected chi connectivity index (χ2v) is 10.0. The zero-order chi connectivity index (χ0) is 18.1. The lowest BCUT2D eigenvalue weighted by atomic mass is 9.95. The van der Waals surface area contributed by atoms with Gasteiger partial charge in [-0.15, -0.1) is 11.8 Å². The number of rotatable bonds is 4. The molecule has 0 radical (unpaired) electrons. The van der Waals surface area contributed by atoms with Crippen molar-refractivity contribution in [3.8, 4) is 0 Å².